The third-order valence-corrected chi connectivity index (χ3v) is 6.21. The number of aliphatic carboxylic acids is 1. The molecule has 0 saturated carbocycles. The van der Waals surface area contributed by atoms with Crippen molar-refractivity contribution in [2.75, 3.05) is 7.11 Å². The molecule has 3 aromatic carbocycles. The average Bonchev–Trinajstić information content (AvgIpc) is 2.88. The summed E-state index contributed by atoms with van der Waals surface area (Å²) in [5, 5.41) is 10.1. The van der Waals surface area contributed by atoms with Crippen LogP contribution in [0.15, 0.2) is 60.7 Å². The number of fused-ring (bicyclic) bond motifs is 1. The molecule has 0 aliphatic rings. The van der Waals surface area contributed by atoms with Gasteiger partial charge in [-0.1, -0.05) is 23.7 Å². The second-order valence-electron chi connectivity index (χ2n) is 8.91. The SMILES string of the molecule is COc1cc2nc(C)c(-c3ccc(Oc4ccc(OC(F)(F)F)cc4)cc3)c(OC(C)CCC(=O)O)c2cc1Cl. The number of rotatable bonds is 10. The lowest BCUT2D eigenvalue weighted by atomic mass is 9.99. The van der Waals surface area contributed by atoms with Crippen LogP contribution in [0.25, 0.3) is 22.0 Å². The van der Waals surface area contributed by atoms with E-state index in [4.69, 9.17) is 35.9 Å². The highest BCUT2D eigenvalue weighted by atomic mass is 35.5. The van der Waals surface area contributed by atoms with Gasteiger partial charge in [-0.05, 0) is 68.3 Å². The van der Waals surface area contributed by atoms with Gasteiger partial charge in [0.25, 0.3) is 0 Å². The number of hydrogen-bond donors (Lipinski definition) is 1. The molecule has 0 bridgehead atoms. The third kappa shape index (κ3) is 7.06. The van der Waals surface area contributed by atoms with E-state index in [0.717, 1.165) is 17.7 Å². The molecular formula is C29H25ClF3NO6. The van der Waals surface area contributed by atoms with Crippen LogP contribution in [0.3, 0.4) is 0 Å². The predicted octanol–water partition coefficient (Wildman–Crippen LogP) is 8.20. The van der Waals surface area contributed by atoms with Crippen molar-refractivity contribution >= 4 is 28.5 Å². The molecule has 1 N–H and O–H groups in total. The number of ether oxygens (including phenoxy) is 4. The van der Waals surface area contributed by atoms with E-state index in [1.165, 1.54) is 19.2 Å². The molecule has 11 heteroatoms. The van der Waals surface area contributed by atoms with E-state index in [1.54, 1.807) is 43.3 Å². The van der Waals surface area contributed by atoms with Crippen molar-refractivity contribution in [3.05, 3.63) is 71.4 Å². The molecule has 0 spiro atoms. The summed E-state index contributed by atoms with van der Waals surface area (Å²) >= 11 is 6.43. The summed E-state index contributed by atoms with van der Waals surface area (Å²) < 4.78 is 58.5. The van der Waals surface area contributed by atoms with Gasteiger partial charge in [0.15, 0.2) is 0 Å². The minimum absolute atomic E-state index is 0.0532. The first-order chi connectivity index (χ1) is 18.9. The first-order valence-electron chi connectivity index (χ1n) is 12.1. The molecule has 0 aliphatic heterocycles. The highest BCUT2D eigenvalue weighted by Gasteiger charge is 2.31. The molecular weight excluding hydrogens is 551 g/mol. The van der Waals surface area contributed by atoms with Crippen LogP contribution in [-0.2, 0) is 4.79 Å². The molecule has 0 radical (unpaired) electrons. The molecule has 4 aromatic rings. The standard InChI is InChI=1S/C29H25ClF3NO6/c1-16(4-13-26(35)36)38-28-22-14-23(30)25(37-3)15-24(22)34-17(2)27(28)18-5-7-19(8-6-18)39-20-9-11-21(12-10-20)40-29(31,32)33/h5-12,14-16H,4,13H2,1-3H3,(H,35,36). The van der Waals surface area contributed by atoms with Gasteiger partial charge in [-0.2, -0.15) is 0 Å². The molecule has 7 nitrogen and oxygen atoms in total. The van der Waals surface area contributed by atoms with Gasteiger partial charge in [0.05, 0.1) is 23.8 Å². The molecule has 1 aromatic heterocycles. The quantitative estimate of drug-likeness (QED) is 0.204. The maximum atomic E-state index is 12.4. The van der Waals surface area contributed by atoms with Crippen LogP contribution in [-0.4, -0.2) is 35.6 Å². The Morgan fingerprint density at radius 3 is 2.20 bits per heavy atom. The summed E-state index contributed by atoms with van der Waals surface area (Å²) in [5.74, 6) is 0.460. The Hall–Kier alpha value is -4.18. The smallest absolute Gasteiger partial charge is 0.495 e. The molecule has 0 saturated heterocycles. The van der Waals surface area contributed by atoms with Crippen LogP contribution < -0.4 is 18.9 Å². The Kier molecular flexibility index (Phi) is 8.58. The molecule has 210 valence electrons. The Morgan fingerprint density at radius 2 is 1.62 bits per heavy atom. The zero-order valence-electron chi connectivity index (χ0n) is 21.7. The van der Waals surface area contributed by atoms with Gasteiger partial charge < -0.3 is 24.1 Å². The van der Waals surface area contributed by atoms with Crippen molar-refractivity contribution < 1.29 is 42.0 Å². The maximum absolute atomic E-state index is 12.4. The van der Waals surface area contributed by atoms with Gasteiger partial charge in [-0.15, -0.1) is 13.2 Å². The molecule has 1 atom stereocenters. The second-order valence-corrected chi connectivity index (χ2v) is 9.32. The van der Waals surface area contributed by atoms with E-state index in [-0.39, 0.29) is 12.2 Å². The summed E-state index contributed by atoms with van der Waals surface area (Å²) in [5.41, 5.74) is 2.70. The number of aromatic nitrogens is 1. The van der Waals surface area contributed by atoms with Crippen LogP contribution in [0.2, 0.25) is 5.02 Å². The number of nitrogens with zero attached hydrogens (tertiary/aromatic N) is 1. The summed E-state index contributed by atoms with van der Waals surface area (Å²) in [4.78, 5) is 15.8. The second kappa shape index (κ2) is 11.9. The Morgan fingerprint density at radius 1 is 1.02 bits per heavy atom. The number of carboxylic acid groups (broad SMARTS) is 1. The predicted molar refractivity (Wildman–Crippen MR) is 144 cm³/mol. The Bertz CT molecular complexity index is 1510. The fourth-order valence-electron chi connectivity index (χ4n) is 4.09. The van der Waals surface area contributed by atoms with Gasteiger partial charge in [-0.3, -0.25) is 9.78 Å². The molecule has 0 aliphatic carbocycles. The van der Waals surface area contributed by atoms with Crippen molar-refractivity contribution in [3.63, 3.8) is 0 Å². The number of pyridine rings is 1. The number of halogens is 4. The van der Waals surface area contributed by atoms with E-state index < -0.39 is 18.4 Å². The average molecular weight is 576 g/mol. The topological polar surface area (TPSA) is 87.1 Å². The lowest BCUT2D eigenvalue weighted by molar-refractivity contribution is -0.274. The lowest BCUT2D eigenvalue weighted by Gasteiger charge is -2.21. The molecule has 0 fully saturated rings. The fraction of sp³-hybridized carbons (Fsp3) is 0.241. The number of benzene rings is 3. The number of aryl methyl sites for hydroxylation is 1. The van der Waals surface area contributed by atoms with Gasteiger partial charge in [-0.25, -0.2) is 0 Å². The van der Waals surface area contributed by atoms with Crippen LogP contribution in [0, 0.1) is 6.92 Å². The van der Waals surface area contributed by atoms with E-state index in [9.17, 15) is 18.0 Å². The normalized spacial score (nSPS) is 12.2. The molecule has 0 amide bonds. The van der Waals surface area contributed by atoms with E-state index in [1.807, 2.05) is 6.92 Å². The first kappa shape index (κ1) is 28.8. The van der Waals surface area contributed by atoms with E-state index in [0.29, 0.717) is 56.6 Å². The monoisotopic (exact) mass is 575 g/mol. The van der Waals surface area contributed by atoms with Gasteiger partial charge in [0.2, 0.25) is 0 Å². The van der Waals surface area contributed by atoms with Gasteiger partial charge in [0, 0.05) is 29.1 Å². The third-order valence-electron chi connectivity index (χ3n) is 5.91. The highest BCUT2D eigenvalue weighted by Crippen LogP contribution is 2.42. The van der Waals surface area contributed by atoms with E-state index >= 15 is 0 Å². The van der Waals surface area contributed by atoms with Crippen molar-refractivity contribution in [2.24, 2.45) is 0 Å². The molecule has 40 heavy (non-hydrogen) atoms. The maximum Gasteiger partial charge on any atom is 0.573 e. The highest BCUT2D eigenvalue weighted by molar-refractivity contribution is 6.33. The number of carbonyl (C=O) groups is 1. The summed E-state index contributed by atoms with van der Waals surface area (Å²) in [6, 6.07) is 15.5. The lowest BCUT2D eigenvalue weighted by Crippen LogP contribution is -2.16. The number of carboxylic acids is 1. The van der Waals surface area contributed by atoms with Crippen molar-refractivity contribution in [1.82, 2.24) is 4.98 Å². The van der Waals surface area contributed by atoms with E-state index in [2.05, 4.69) is 4.74 Å². The van der Waals surface area contributed by atoms with Crippen molar-refractivity contribution in [3.8, 4) is 39.9 Å². The Labute approximate surface area is 233 Å². The van der Waals surface area contributed by atoms with Crippen LogP contribution >= 0.6 is 11.6 Å². The van der Waals surface area contributed by atoms with Crippen molar-refractivity contribution in [1.29, 1.82) is 0 Å². The number of alkyl halides is 3. The van der Waals surface area contributed by atoms with Crippen LogP contribution in [0.1, 0.15) is 25.5 Å². The van der Waals surface area contributed by atoms with Crippen LogP contribution in [0.4, 0.5) is 13.2 Å². The fourth-order valence-corrected chi connectivity index (χ4v) is 4.33. The Balaban J connectivity index is 1.67. The van der Waals surface area contributed by atoms with Gasteiger partial charge >= 0.3 is 12.3 Å². The first-order valence-corrected chi connectivity index (χ1v) is 12.5. The number of methoxy groups -OCH3 is 1. The minimum Gasteiger partial charge on any atom is -0.495 e. The zero-order chi connectivity index (χ0) is 29.0. The van der Waals surface area contributed by atoms with Gasteiger partial charge in [0.1, 0.15) is 28.7 Å². The van der Waals surface area contributed by atoms with Crippen molar-refractivity contribution in [2.45, 2.75) is 39.2 Å². The summed E-state index contributed by atoms with van der Waals surface area (Å²) in [6.45, 7) is 3.63. The van der Waals surface area contributed by atoms with Crippen LogP contribution in [0.5, 0.6) is 28.7 Å². The molecule has 1 heterocycles. The molecule has 1 unspecified atom stereocenters. The number of hydrogen-bond acceptors (Lipinski definition) is 6. The largest absolute Gasteiger partial charge is 0.573 e. The summed E-state index contributed by atoms with van der Waals surface area (Å²) in [6.07, 6.45) is -4.96. The zero-order valence-corrected chi connectivity index (χ0v) is 22.5. The minimum atomic E-state index is -4.78. The molecule has 4 rings (SSSR count). The summed E-state index contributed by atoms with van der Waals surface area (Å²) in [7, 11) is 1.51.